The fourth-order valence-electron chi connectivity index (χ4n) is 3.31. The summed E-state index contributed by atoms with van der Waals surface area (Å²) >= 11 is 0. The maximum absolute atomic E-state index is 13.6. The number of halogens is 1. The lowest BCUT2D eigenvalue weighted by Crippen LogP contribution is -2.49. The van der Waals surface area contributed by atoms with Gasteiger partial charge in [0.1, 0.15) is 5.82 Å². The molecule has 1 saturated heterocycles. The Morgan fingerprint density at radius 2 is 1.96 bits per heavy atom. The van der Waals surface area contributed by atoms with Crippen molar-refractivity contribution in [3.8, 4) is 0 Å². The van der Waals surface area contributed by atoms with Gasteiger partial charge < -0.3 is 15.0 Å². The summed E-state index contributed by atoms with van der Waals surface area (Å²) in [6.07, 6.45) is 1.96. The quantitative estimate of drug-likeness (QED) is 0.786. The predicted octanol–water partition coefficient (Wildman–Crippen LogP) is 1.23. The molecule has 124 valence electrons. The number of benzene rings is 1. The zero-order chi connectivity index (χ0) is 16.7. The van der Waals surface area contributed by atoms with Gasteiger partial charge in [-0.2, -0.15) is 0 Å². The van der Waals surface area contributed by atoms with E-state index >= 15 is 0 Å². The molecule has 4 rings (SSSR count). The van der Waals surface area contributed by atoms with Crippen molar-refractivity contribution in [2.75, 3.05) is 37.6 Å². The van der Waals surface area contributed by atoms with Crippen molar-refractivity contribution in [2.24, 2.45) is 5.73 Å². The van der Waals surface area contributed by atoms with E-state index in [4.69, 9.17) is 10.7 Å². The van der Waals surface area contributed by atoms with E-state index in [1.807, 2.05) is 27.6 Å². The Morgan fingerprint density at radius 3 is 2.71 bits per heavy atom. The van der Waals surface area contributed by atoms with E-state index in [1.54, 1.807) is 6.07 Å². The van der Waals surface area contributed by atoms with Crippen molar-refractivity contribution in [1.82, 2.24) is 14.3 Å². The van der Waals surface area contributed by atoms with E-state index in [1.165, 1.54) is 12.1 Å². The van der Waals surface area contributed by atoms with Gasteiger partial charge in [0.15, 0.2) is 5.82 Å². The second-order valence-corrected chi connectivity index (χ2v) is 6.06. The molecule has 0 atom stereocenters. The number of piperazine rings is 1. The highest BCUT2D eigenvalue weighted by Crippen LogP contribution is 2.26. The molecule has 24 heavy (non-hydrogen) atoms. The smallest absolute Gasteiger partial charge is 0.231 e. The highest BCUT2D eigenvalue weighted by molar-refractivity contribution is 5.85. The number of nitrogens with zero attached hydrogens (tertiary/aromatic N) is 4. The highest BCUT2D eigenvalue weighted by Gasteiger charge is 2.21. The minimum Gasteiger partial charge on any atom is -0.369 e. The summed E-state index contributed by atoms with van der Waals surface area (Å²) in [4.78, 5) is 20.0. The maximum Gasteiger partial charge on any atom is 0.231 e. The first-order valence-corrected chi connectivity index (χ1v) is 7.94. The first kappa shape index (κ1) is 14.9. The van der Waals surface area contributed by atoms with E-state index in [0.29, 0.717) is 5.52 Å². The van der Waals surface area contributed by atoms with Crippen LogP contribution in [0.1, 0.15) is 0 Å². The van der Waals surface area contributed by atoms with Crippen LogP contribution in [-0.2, 0) is 4.79 Å². The van der Waals surface area contributed by atoms with Crippen LogP contribution < -0.4 is 10.6 Å². The molecule has 3 aromatic rings. The highest BCUT2D eigenvalue weighted by atomic mass is 19.1. The molecule has 2 N–H and O–H groups in total. The van der Waals surface area contributed by atoms with Gasteiger partial charge in [-0.05, 0) is 24.3 Å². The molecular formula is C17H18FN5O. The standard InChI is InChI=1S/C17H18FN5O/c18-12-3-4-14-13(10-12)20-17(15-2-1-5-23(14)15)22-8-6-21(7-9-22)11-16(19)24/h1-5,10H,6-9,11H2,(H2,19,24). The summed E-state index contributed by atoms with van der Waals surface area (Å²) < 4.78 is 15.6. The van der Waals surface area contributed by atoms with E-state index in [2.05, 4.69) is 4.90 Å². The number of anilines is 1. The molecule has 2 aromatic heterocycles. The van der Waals surface area contributed by atoms with Gasteiger partial charge in [0, 0.05) is 38.4 Å². The lowest BCUT2D eigenvalue weighted by atomic mass is 10.2. The molecule has 1 aliphatic heterocycles. The molecule has 0 saturated carbocycles. The molecule has 1 aromatic carbocycles. The van der Waals surface area contributed by atoms with Crippen LogP contribution in [0.3, 0.4) is 0 Å². The van der Waals surface area contributed by atoms with Crippen LogP contribution in [0.2, 0.25) is 0 Å². The van der Waals surface area contributed by atoms with Gasteiger partial charge in [0.05, 0.1) is 23.1 Å². The molecule has 1 aliphatic rings. The van der Waals surface area contributed by atoms with Gasteiger partial charge in [-0.25, -0.2) is 9.37 Å². The third kappa shape index (κ3) is 2.56. The largest absolute Gasteiger partial charge is 0.369 e. The Hall–Kier alpha value is -2.67. The molecule has 0 spiro atoms. The number of carbonyl (C=O) groups is 1. The monoisotopic (exact) mass is 327 g/mol. The van der Waals surface area contributed by atoms with Crippen LogP contribution in [-0.4, -0.2) is 52.9 Å². The average Bonchev–Trinajstić information content (AvgIpc) is 3.04. The van der Waals surface area contributed by atoms with Crippen LogP contribution in [0.4, 0.5) is 10.2 Å². The van der Waals surface area contributed by atoms with Crippen molar-refractivity contribution in [3.63, 3.8) is 0 Å². The van der Waals surface area contributed by atoms with Crippen molar-refractivity contribution >= 4 is 28.3 Å². The molecule has 0 radical (unpaired) electrons. The number of hydrogen-bond acceptors (Lipinski definition) is 4. The minimum absolute atomic E-state index is 0.282. The van der Waals surface area contributed by atoms with E-state index in [-0.39, 0.29) is 18.3 Å². The topological polar surface area (TPSA) is 66.9 Å². The third-order valence-corrected chi connectivity index (χ3v) is 4.45. The van der Waals surface area contributed by atoms with E-state index in [0.717, 1.165) is 43.0 Å². The first-order chi connectivity index (χ1) is 11.6. The lowest BCUT2D eigenvalue weighted by Gasteiger charge is -2.35. The normalized spacial score (nSPS) is 16.1. The molecular weight excluding hydrogens is 309 g/mol. The van der Waals surface area contributed by atoms with Crippen molar-refractivity contribution < 1.29 is 9.18 Å². The van der Waals surface area contributed by atoms with Crippen molar-refractivity contribution in [2.45, 2.75) is 0 Å². The van der Waals surface area contributed by atoms with Crippen LogP contribution in [0.5, 0.6) is 0 Å². The average molecular weight is 327 g/mol. The summed E-state index contributed by atoms with van der Waals surface area (Å²) in [5, 5.41) is 0. The Bertz CT molecular complexity index is 914. The summed E-state index contributed by atoms with van der Waals surface area (Å²) in [5.74, 6) is 0.243. The Balaban J connectivity index is 1.71. The molecule has 6 nitrogen and oxygen atoms in total. The lowest BCUT2D eigenvalue weighted by molar-refractivity contribution is -0.119. The molecule has 1 fully saturated rings. The number of carbonyl (C=O) groups excluding carboxylic acids is 1. The van der Waals surface area contributed by atoms with Crippen LogP contribution >= 0.6 is 0 Å². The van der Waals surface area contributed by atoms with Gasteiger partial charge in [-0.1, -0.05) is 0 Å². The fourth-order valence-corrected chi connectivity index (χ4v) is 3.31. The van der Waals surface area contributed by atoms with Gasteiger partial charge in [-0.15, -0.1) is 0 Å². The zero-order valence-electron chi connectivity index (χ0n) is 13.2. The van der Waals surface area contributed by atoms with Gasteiger partial charge in [0.2, 0.25) is 5.91 Å². The molecule has 1 amide bonds. The third-order valence-electron chi connectivity index (χ3n) is 4.45. The van der Waals surface area contributed by atoms with Gasteiger partial charge >= 0.3 is 0 Å². The maximum atomic E-state index is 13.6. The number of rotatable bonds is 3. The molecule has 3 heterocycles. The summed E-state index contributed by atoms with van der Waals surface area (Å²) in [6, 6.07) is 8.64. The molecule has 7 heteroatoms. The minimum atomic E-state index is -0.309. The number of primary amides is 1. The molecule has 0 unspecified atom stereocenters. The zero-order valence-corrected chi connectivity index (χ0v) is 13.2. The predicted molar refractivity (Wildman–Crippen MR) is 90.5 cm³/mol. The first-order valence-electron chi connectivity index (χ1n) is 7.94. The Morgan fingerprint density at radius 1 is 1.17 bits per heavy atom. The number of hydrogen-bond donors (Lipinski definition) is 1. The second-order valence-electron chi connectivity index (χ2n) is 6.06. The van der Waals surface area contributed by atoms with Crippen LogP contribution in [0.25, 0.3) is 16.6 Å². The number of amides is 1. The van der Waals surface area contributed by atoms with Crippen LogP contribution in [0.15, 0.2) is 36.5 Å². The number of fused-ring (bicyclic) bond motifs is 3. The van der Waals surface area contributed by atoms with E-state index in [9.17, 15) is 9.18 Å². The van der Waals surface area contributed by atoms with Crippen molar-refractivity contribution in [3.05, 3.63) is 42.3 Å². The molecule has 0 bridgehead atoms. The second kappa shape index (κ2) is 5.76. The fraction of sp³-hybridized carbons (Fsp3) is 0.294. The van der Waals surface area contributed by atoms with Gasteiger partial charge in [0.25, 0.3) is 0 Å². The van der Waals surface area contributed by atoms with E-state index < -0.39 is 0 Å². The Labute approximate surface area is 138 Å². The molecule has 0 aliphatic carbocycles. The Kier molecular flexibility index (Phi) is 3.57. The summed E-state index contributed by atoms with van der Waals surface area (Å²) in [6.45, 7) is 3.28. The van der Waals surface area contributed by atoms with Crippen molar-refractivity contribution in [1.29, 1.82) is 0 Å². The number of aromatic nitrogens is 2. The van der Waals surface area contributed by atoms with Gasteiger partial charge in [-0.3, -0.25) is 9.69 Å². The number of nitrogens with two attached hydrogens (primary N) is 1. The summed E-state index contributed by atoms with van der Waals surface area (Å²) in [7, 11) is 0. The van der Waals surface area contributed by atoms with Crippen LogP contribution in [0, 0.1) is 5.82 Å². The summed E-state index contributed by atoms with van der Waals surface area (Å²) in [5.41, 5.74) is 7.77. The SMILES string of the molecule is NC(=O)CN1CCN(c2nc3cc(F)ccc3n3cccc23)CC1.